The summed E-state index contributed by atoms with van der Waals surface area (Å²) in [4.78, 5) is 4.11. The number of aromatic nitrogens is 3. The Hall–Kier alpha value is -2.48. The van der Waals surface area contributed by atoms with Gasteiger partial charge in [-0.3, -0.25) is 4.72 Å². The van der Waals surface area contributed by atoms with Crippen LogP contribution in [-0.2, 0) is 16.4 Å². The van der Waals surface area contributed by atoms with Crippen molar-refractivity contribution in [1.82, 2.24) is 14.6 Å². The summed E-state index contributed by atoms with van der Waals surface area (Å²) in [6.45, 7) is 1.95. The Morgan fingerprint density at radius 2 is 1.95 bits per heavy atom. The number of nitrogens with one attached hydrogen (secondary N) is 1. The van der Waals surface area contributed by atoms with Gasteiger partial charge in [0.05, 0.1) is 10.6 Å². The van der Waals surface area contributed by atoms with Crippen LogP contribution in [0.2, 0.25) is 0 Å². The lowest BCUT2D eigenvalue weighted by Crippen LogP contribution is -2.15. The van der Waals surface area contributed by atoms with E-state index in [-0.39, 0.29) is 10.7 Å². The van der Waals surface area contributed by atoms with E-state index in [0.29, 0.717) is 12.1 Å². The number of hydrogen-bond donors (Lipinski definition) is 1. The third kappa shape index (κ3) is 2.64. The van der Waals surface area contributed by atoms with Crippen LogP contribution in [-0.4, -0.2) is 23.0 Å². The van der Waals surface area contributed by atoms with E-state index in [1.54, 1.807) is 6.07 Å². The summed E-state index contributed by atoms with van der Waals surface area (Å²) in [5.41, 5.74) is 1.36. The number of fused-ring (bicyclic) bond motifs is 1. The smallest absolute Gasteiger partial charge is 0.263 e. The van der Waals surface area contributed by atoms with Crippen molar-refractivity contribution in [2.45, 2.75) is 18.2 Å². The highest BCUT2D eigenvalue weighted by atomic mass is 32.2. The number of hydrogen-bond acceptors (Lipinski definition) is 4. The summed E-state index contributed by atoms with van der Waals surface area (Å²) in [6.07, 6.45) is 2.21. The molecule has 0 atom stereocenters. The maximum Gasteiger partial charge on any atom is 0.263 e. The van der Waals surface area contributed by atoms with Crippen LogP contribution < -0.4 is 4.72 Å². The summed E-state index contributed by atoms with van der Waals surface area (Å²) in [5, 5.41) is 4.29. The molecular formula is C14H13FN4O2S. The van der Waals surface area contributed by atoms with Gasteiger partial charge in [-0.1, -0.05) is 6.92 Å². The Morgan fingerprint density at radius 1 is 1.23 bits per heavy atom. The highest BCUT2D eigenvalue weighted by Crippen LogP contribution is 2.17. The van der Waals surface area contributed by atoms with Crippen molar-refractivity contribution >= 4 is 21.5 Å². The van der Waals surface area contributed by atoms with Crippen LogP contribution in [0.5, 0.6) is 0 Å². The van der Waals surface area contributed by atoms with Crippen molar-refractivity contribution in [2.75, 3.05) is 4.72 Å². The van der Waals surface area contributed by atoms with Gasteiger partial charge < -0.3 is 0 Å². The van der Waals surface area contributed by atoms with E-state index >= 15 is 0 Å². The van der Waals surface area contributed by atoms with Gasteiger partial charge in [-0.2, -0.15) is 9.61 Å². The van der Waals surface area contributed by atoms with Gasteiger partial charge in [0.25, 0.3) is 10.0 Å². The molecule has 3 aromatic rings. The van der Waals surface area contributed by atoms with Crippen LogP contribution in [0.25, 0.3) is 5.65 Å². The van der Waals surface area contributed by atoms with Gasteiger partial charge in [-0.15, -0.1) is 0 Å². The van der Waals surface area contributed by atoms with Crippen LogP contribution >= 0.6 is 0 Å². The Morgan fingerprint density at radius 3 is 2.64 bits per heavy atom. The van der Waals surface area contributed by atoms with Gasteiger partial charge in [0, 0.05) is 12.3 Å². The van der Waals surface area contributed by atoms with Crippen molar-refractivity contribution in [2.24, 2.45) is 0 Å². The zero-order chi connectivity index (χ0) is 15.7. The van der Waals surface area contributed by atoms with Crippen molar-refractivity contribution in [3.05, 3.63) is 54.1 Å². The summed E-state index contributed by atoms with van der Waals surface area (Å²) in [7, 11) is -3.82. The van der Waals surface area contributed by atoms with Crippen LogP contribution in [0.3, 0.4) is 0 Å². The Kier molecular flexibility index (Phi) is 3.53. The van der Waals surface area contributed by atoms with Gasteiger partial charge in [-0.05, 0) is 36.8 Å². The number of benzene rings is 1. The van der Waals surface area contributed by atoms with Gasteiger partial charge in [0.15, 0.2) is 5.65 Å². The highest BCUT2D eigenvalue weighted by Gasteiger charge is 2.16. The molecule has 0 radical (unpaired) electrons. The lowest BCUT2D eigenvalue weighted by Gasteiger charge is -2.09. The van der Waals surface area contributed by atoms with E-state index in [9.17, 15) is 12.8 Å². The van der Waals surface area contributed by atoms with E-state index < -0.39 is 15.8 Å². The van der Waals surface area contributed by atoms with Crippen molar-refractivity contribution in [1.29, 1.82) is 0 Å². The zero-order valence-electron chi connectivity index (χ0n) is 11.7. The van der Waals surface area contributed by atoms with E-state index in [1.165, 1.54) is 28.9 Å². The van der Waals surface area contributed by atoms with E-state index in [0.717, 1.165) is 17.8 Å². The summed E-state index contributed by atoms with van der Waals surface area (Å²) < 4.78 is 41.5. The number of anilines is 1. The number of rotatable bonds is 4. The first kappa shape index (κ1) is 14.5. The Balaban J connectivity index is 2.02. The third-order valence-electron chi connectivity index (χ3n) is 3.13. The number of nitrogens with zero attached hydrogens (tertiary/aromatic N) is 3. The molecule has 0 spiro atoms. The number of sulfonamides is 1. The molecule has 8 heteroatoms. The lowest BCUT2D eigenvalue weighted by molar-refractivity contribution is 0.599. The molecule has 2 heterocycles. The van der Waals surface area contributed by atoms with Gasteiger partial charge in [0.2, 0.25) is 0 Å². The fraction of sp³-hybridized carbons (Fsp3) is 0.143. The molecule has 0 amide bonds. The quantitative estimate of drug-likeness (QED) is 0.800. The molecule has 0 aliphatic heterocycles. The molecule has 2 aromatic heterocycles. The minimum atomic E-state index is -3.82. The minimum absolute atomic E-state index is 0.0262. The Labute approximate surface area is 126 Å². The second kappa shape index (κ2) is 5.38. The molecule has 22 heavy (non-hydrogen) atoms. The second-order valence-electron chi connectivity index (χ2n) is 4.65. The predicted molar refractivity (Wildman–Crippen MR) is 79.6 cm³/mol. The summed E-state index contributed by atoms with van der Waals surface area (Å²) in [6, 6.07) is 7.91. The molecule has 0 aliphatic rings. The first-order chi connectivity index (χ1) is 10.5. The lowest BCUT2D eigenvalue weighted by atomic mass is 10.3. The maximum absolute atomic E-state index is 12.9. The molecule has 0 saturated heterocycles. The fourth-order valence-corrected chi connectivity index (χ4v) is 3.05. The molecule has 114 valence electrons. The summed E-state index contributed by atoms with van der Waals surface area (Å²) in [5.74, 6) is -0.223. The van der Waals surface area contributed by atoms with Gasteiger partial charge in [0.1, 0.15) is 11.6 Å². The SMILES string of the molecule is CCc1cc2nccc(NS(=O)(=O)c3ccc(F)cc3)n2n1. The fourth-order valence-electron chi connectivity index (χ4n) is 2.00. The molecule has 1 N–H and O–H groups in total. The van der Waals surface area contributed by atoms with Crippen molar-refractivity contribution in [3.8, 4) is 0 Å². The standard InChI is InChI=1S/C14H13FN4O2S/c1-2-11-9-14-16-8-7-13(19(14)17-11)18-22(20,21)12-5-3-10(15)4-6-12/h3-9,18H,2H2,1H3. The van der Waals surface area contributed by atoms with Crippen LogP contribution in [0.4, 0.5) is 10.2 Å². The zero-order valence-corrected chi connectivity index (χ0v) is 12.5. The molecule has 0 fully saturated rings. The maximum atomic E-state index is 12.9. The molecule has 3 rings (SSSR count). The average molecular weight is 320 g/mol. The van der Waals surface area contributed by atoms with Crippen LogP contribution in [0, 0.1) is 5.82 Å². The van der Waals surface area contributed by atoms with Crippen LogP contribution in [0.1, 0.15) is 12.6 Å². The topological polar surface area (TPSA) is 76.4 Å². The largest absolute Gasteiger partial charge is 0.263 e. The molecule has 0 aliphatic carbocycles. The minimum Gasteiger partial charge on any atom is -0.263 e. The van der Waals surface area contributed by atoms with E-state index in [2.05, 4.69) is 14.8 Å². The molecule has 6 nitrogen and oxygen atoms in total. The molecular weight excluding hydrogens is 307 g/mol. The van der Waals surface area contributed by atoms with Gasteiger partial charge >= 0.3 is 0 Å². The normalized spacial score (nSPS) is 11.7. The number of aryl methyl sites for hydroxylation is 1. The van der Waals surface area contributed by atoms with Crippen molar-refractivity contribution in [3.63, 3.8) is 0 Å². The number of halogens is 1. The summed E-state index contributed by atoms with van der Waals surface area (Å²) >= 11 is 0. The molecule has 0 bridgehead atoms. The highest BCUT2D eigenvalue weighted by molar-refractivity contribution is 7.92. The van der Waals surface area contributed by atoms with E-state index in [1.807, 2.05) is 6.92 Å². The average Bonchev–Trinajstić information content (AvgIpc) is 2.92. The van der Waals surface area contributed by atoms with E-state index in [4.69, 9.17) is 0 Å². The third-order valence-corrected chi connectivity index (χ3v) is 4.50. The first-order valence-corrected chi connectivity index (χ1v) is 8.10. The van der Waals surface area contributed by atoms with Crippen molar-refractivity contribution < 1.29 is 12.8 Å². The predicted octanol–water partition coefficient (Wildman–Crippen LogP) is 2.23. The monoisotopic (exact) mass is 320 g/mol. The second-order valence-corrected chi connectivity index (χ2v) is 6.33. The Bertz CT molecular complexity index is 920. The van der Waals surface area contributed by atoms with Gasteiger partial charge in [-0.25, -0.2) is 17.8 Å². The molecule has 1 aromatic carbocycles. The van der Waals surface area contributed by atoms with Crippen LogP contribution in [0.15, 0.2) is 47.5 Å². The molecule has 0 saturated carbocycles. The molecule has 0 unspecified atom stereocenters. The first-order valence-electron chi connectivity index (χ1n) is 6.61.